The van der Waals surface area contributed by atoms with E-state index in [2.05, 4.69) is 22.4 Å². The smallest absolute Gasteiger partial charge is 0.117 e. The fraction of sp³-hybridized carbons (Fsp3) is 0.800. The highest BCUT2D eigenvalue weighted by atomic mass is 32.1. The van der Waals surface area contributed by atoms with Crippen LogP contribution >= 0.6 is 11.3 Å². The van der Waals surface area contributed by atoms with Crippen molar-refractivity contribution in [3.63, 3.8) is 0 Å². The average molecular weight is 213 g/mol. The first-order valence-electron chi connectivity index (χ1n) is 5.32. The maximum atomic E-state index is 4.18. The molecule has 0 saturated heterocycles. The molecule has 1 N–H and O–H groups in total. The summed E-state index contributed by atoms with van der Waals surface area (Å²) in [5.74, 6) is 0. The SMILES string of the molecule is CCCCc1nnc(CCCNC)s1. The van der Waals surface area contributed by atoms with E-state index in [1.807, 2.05) is 7.05 Å². The van der Waals surface area contributed by atoms with Gasteiger partial charge in [0, 0.05) is 12.8 Å². The molecule has 0 radical (unpaired) electrons. The Morgan fingerprint density at radius 3 is 2.36 bits per heavy atom. The first-order chi connectivity index (χ1) is 6.86. The predicted molar refractivity (Wildman–Crippen MR) is 60.8 cm³/mol. The maximum absolute atomic E-state index is 4.18. The van der Waals surface area contributed by atoms with Crippen LogP contribution in [-0.2, 0) is 12.8 Å². The molecular formula is C10H19N3S. The largest absolute Gasteiger partial charge is 0.320 e. The minimum atomic E-state index is 1.06. The van der Waals surface area contributed by atoms with E-state index in [1.54, 1.807) is 11.3 Å². The van der Waals surface area contributed by atoms with Crippen LogP contribution in [0.3, 0.4) is 0 Å². The Bertz CT molecular complexity index is 247. The van der Waals surface area contributed by atoms with Crippen molar-refractivity contribution in [2.45, 2.75) is 39.0 Å². The summed E-state index contributed by atoms with van der Waals surface area (Å²) in [4.78, 5) is 0. The monoisotopic (exact) mass is 213 g/mol. The summed E-state index contributed by atoms with van der Waals surface area (Å²) in [5, 5.41) is 13.9. The number of unbranched alkanes of at least 4 members (excludes halogenated alkanes) is 1. The summed E-state index contributed by atoms with van der Waals surface area (Å²) in [6, 6.07) is 0. The molecule has 0 atom stereocenters. The molecule has 1 heterocycles. The molecule has 0 aliphatic carbocycles. The van der Waals surface area contributed by atoms with E-state index >= 15 is 0 Å². The molecular weight excluding hydrogens is 194 g/mol. The molecule has 0 spiro atoms. The van der Waals surface area contributed by atoms with Gasteiger partial charge in [0.15, 0.2) is 0 Å². The fourth-order valence-electron chi connectivity index (χ4n) is 1.23. The molecule has 0 unspecified atom stereocenters. The lowest BCUT2D eigenvalue weighted by atomic mass is 10.3. The molecule has 4 heteroatoms. The molecule has 0 aliphatic heterocycles. The Kier molecular flexibility index (Phi) is 5.71. The molecule has 0 saturated carbocycles. The van der Waals surface area contributed by atoms with Gasteiger partial charge in [-0.3, -0.25) is 0 Å². The summed E-state index contributed by atoms with van der Waals surface area (Å²) in [6.45, 7) is 3.26. The van der Waals surface area contributed by atoms with Crippen molar-refractivity contribution in [2.75, 3.05) is 13.6 Å². The molecule has 1 aromatic heterocycles. The molecule has 1 aromatic rings. The van der Waals surface area contributed by atoms with Crippen LogP contribution < -0.4 is 5.32 Å². The average Bonchev–Trinajstić information content (AvgIpc) is 2.63. The fourth-order valence-corrected chi connectivity index (χ4v) is 2.16. The maximum Gasteiger partial charge on any atom is 0.117 e. The number of hydrogen-bond acceptors (Lipinski definition) is 4. The lowest BCUT2D eigenvalue weighted by molar-refractivity contribution is 0.716. The highest BCUT2D eigenvalue weighted by Crippen LogP contribution is 2.13. The molecule has 0 aliphatic rings. The van der Waals surface area contributed by atoms with Crippen molar-refractivity contribution in [1.29, 1.82) is 0 Å². The van der Waals surface area contributed by atoms with Crippen LogP contribution in [0.5, 0.6) is 0 Å². The number of nitrogens with zero attached hydrogens (tertiary/aromatic N) is 2. The molecule has 14 heavy (non-hydrogen) atoms. The van der Waals surface area contributed by atoms with Gasteiger partial charge in [0.25, 0.3) is 0 Å². The van der Waals surface area contributed by atoms with Crippen molar-refractivity contribution in [3.8, 4) is 0 Å². The Morgan fingerprint density at radius 1 is 1.14 bits per heavy atom. The normalized spacial score (nSPS) is 10.7. The third-order valence-electron chi connectivity index (χ3n) is 2.07. The van der Waals surface area contributed by atoms with Gasteiger partial charge in [0.1, 0.15) is 10.0 Å². The molecule has 0 bridgehead atoms. The first kappa shape index (κ1) is 11.6. The van der Waals surface area contributed by atoms with Gasteiger partial charge in [0.2, 0.25) is 0 Å². The van der Waals surface area contributed by atoms with E-state index in [0.717, 1.165) is 25.8 Å². The van der Waals surface area contributed by atoms with Crippen LogP contribution in [-0.4, -0.2) is 23.8 Å². The third-order valence-corrected chi connectivity index (χ3v) is 3.11. The van der Waals surface area contributed by atoms with E-state index < -0.39 is 0 Å². The second-order valence-corrected chi connectivity index (χ2v) is 4.55. The number of rotatable bonds is 7. The summed E-state index contributed by atoms with van der Waals surface area (Å²) in [6.07, 6.45) is 5.77. The third kappa shape index (κ3) is 4.15. The Hall–Kier alpha value is -0.480. The predicted octanol–water partition coefficient (Wildman–Crippen LogP) is 2.03. The molecule has 80 valence electrons. The number of hydrogen-bond donors (Lipinski definition) is 1. The quantitative estimate of drug-likeness (QED) is 0.704. The van der Waals surface area contributed by atoms with Gasteiger partial charge in [-0.15, -0.1) is 21.5 Å². The second kappa shape index (κ2) is 6.90. The highest BCUT2D eigenvalue weighted by molar-refractivity contribution is 7.11. The van der Waals surface area contributed by atoms with Crippen molar-refractivity contribution in [2.24, 2.45) is 0 Å². The zero-order valence-corrected chi connectivity index (χ0v) is 9.86. The second-order valence-electron chi connectivity index (χ2n) is 3.40. The molecule has 3 nitrogen and oxygen atoms in total. The minimum Gasteiger partial charge on any atom is -0.320 e. The van der Waals surface area contributed by atoms with E-state index in [9.17, 15) is 0 Å². The van der Waals surface area contributed by atoms with Gasteiger partial charge in [-0.2, -0.15) is 0 Å². The summed E-state index contributed by atoms with van der Waals surface area (Å²) in [7, 11) is 1.98. The topological polar surface area (TPSA) is 37.8 Å². The molecule has 0 amide bonds. The van der Waals surface area contributed by atoms with Gasteiger partial charge in [0.05, 0.1) is 0 Å². The van der Waals surface area contributed by atoms with Crippen LogP contribution in [0, 0.1) is 0 Å². The number of nitrogens with one attached hydrogen (secondary N) is 1. The van der Waals surface area contributed by atoms with Gasteiger partial charge in [-0.1, -0.05) is 13.3 Å². The lowest BCUT2D eigenvalue weighted by Gasteiger charge is -1.94. The Labute approximate surface area is 89.9 Å². The highest BCUT2D eigenvalue weighted by Gasteiger charge is 2.02. The van der Waals surface area contributed by atoms with Gasteiger partial charge in [-0.05, 0) is 26.4 Å². The van der Waals surface area contributed by atoms with Crippen LogP contribution in [0.1, 0.15) is 36.2 Å². The van der Waals surface area contributed by atoms with Gasteiger partial charge >= 0.3 is 0 Å². The molecule has 1 rings (SSSR count). The van der Waals surface area contributed by atoms with Crippen molar-refractivity contribution < 1.29 is 0 Å². The van der Waals surface area contributed by atoms with Crippen LogP contribution in [0.4, 0.5) is 0 Å². The van der Waals surface area contributed by atoms with Crippen LogP contribution in [0.25, 0.3) is 0 Å². The summed E-state index contributed by atoms with van der Waals surface area (Å²) >= 11 is 1.77. The molecule has 0 aromatic carbocycles. The van der Waals surface area contributed by atoms with Crippen molar-refractivity contribution >= 4 is 11.3 Å². The van der Waals surface area contributed by atoms with E-state index in [-0.39, 0.29) is 0 Å². The van der Waals surface area contributed by atoms with E-state index in [4.69, 9.17) is 0 Å². The Morgan fingerprint density at radius 2 is 1.79 bits per heavy atom. The van der Waals surface area contributed by atoms with Crippen LogP contribution in [0.15, 0.2) is 0 Å². The van der Waals surface area contributed by atoms with Crippen LogP contribution in [0.2, 0.25) is 0 Å². The Balaban J connectivity index is 2.27. The van der Waals surface area contributed by atoms with Crippen molar-refractivity contribution in [3.05, 3.63) is 10.0 Å². The molecule has 0 fully saturated rings. The van der Waals surface area contributed by atoms with Gasteiger partial charge < -0.3 is 5.32 Å². The zero-order chi connectivity index (χ0) is 10.2. The van der Waals surface area contributed by atoms with Crippen molar-refractivity contribution in [1.82, 2.24) is 15.5 Å². The minimum absolute atomic E-state index is 1.06. The lowest BCUT2D eigenvalue weighted by Crippen LogP contribution is -2.08. The summed E-state index contributed by atoms with van der Waals surface area (Å²) < 4.78 is 0. The van der Waals surface area contributed by atoms with E-state index in [1.165, 1.54) is 22.9 Å². The number of aromatic nitrogens is 2. The zero-order valence-electron chi connectivity index (χ0n) is 9.05. The number of aryl methyl sites for hydroxylation is 2. The van der Waals surface area contributed by atoms with Gasteiger partial charge in [-0.25, -0.2) is 0 Å². The standard InChI is InChI=1S/C10H19N3S/c1-3-4-6-9-12-13-10(14-9)7-5-8-11-2/h11H,3-8H2,1-2H3. The summed E-state index contributed by atoms with van der Waals surface area (Å²) in [5.41, 5.74) is 0. The first-order valence-corrected chi connectivity index (χ1v) is 6.14. The van der Waals surface area contributed by atoms with E-state index in [0.29, 0.717) is 0 Å².